The van der Waals surface area contributed by atoms with Crippen molar-refractivity contribution in [2.75, 3.05) is 11.9 Å². The smallest absolute Gasteiger partial charge is 0.243 e. The van der Waals surface area contributed by atoms with E-state index < -0.39 is 5.41 Å². The number of fused-ring (bicyclic) bond motifs is 1. The minimum Gasteiger partial charge on any atom is -0.347 e. The molecule has 2 aromatic rings. The van der Waals surface area contributed by atoms with Crippen molar-refractivity contribution in [2.24, 2.45) is 5.41 Å². The Morgan fingerprint density at radius 3 is 2.57 bits per heavy atom. The molecule has 0 saturated heterocycles. The maximum atomic E-state index is 12.0. The van der Waals surface area contributed by atoms with Gasteiger partial charge < -0.3 is 10.6 Å². The molecule has 5 nitrogen and oxygen atoms in total. The summed E-state index contributed by atoms with van der Waals surface area (Å²) in [7, 11) is 0. The minimum atomic E-state index is -0.490. The predicted molar refractivity (Wildman–Crippen MR) is 87.5 cm³/mol. The third-order valence-electron chi connectivity index (χ3n) is 4.10. The third kappa shape index (κ3) is 3.49. The summed E-state index contributed by atoms with van der Waals surface area (Å²) in [5.74, 6) is -0.534. The molecule has 0 heterocycles. The summed E-state index contributed by atoms with van der Waals surface area (Å²) in [4.78, 5) is 23.8. The van der Waals surface area contributed by atoms with Crippen molar-refractivity contribution in [3.8, 4) is 6.07 Å². The van der Waals surface area contributed by atoms with Gasteiger partial charge >= 0.3 is 0 Å². The van der Waals surface area contributed by atoms with E-state index >= 15 is 0 Å². The molecule has 0 spiro atoms. The molecule has 1 aliphatic carbocycles. The van der Waals surface area contributed by atoms with Gasteiger partial charge in [0.2, 0.25) is 11.8 Å². The lowest BCUT2D eigenvalue weighted by Gasteiger charge is -2.10. The summed E-state index contributed by atoms with van der Waals surface area (Å²) >= 11 is 0. The normalized spacial score (nSPS) is 14.7. The highest BCUT2D eigenvalue weighted by atomic mass is 16.2. The Kier molecular flexibility index (Phi) is 3.98. The molecule has 0 atom stereocenters. The van der Waals surface area contributed by atoms with E-state index in [-0.39, 0.29) is 24.8 Å². The van der Waals surface area contributed by atoms with Gasteiger partial charge in [0.1, 0.15) is 0 Å². The summed E-state index contributed by atoms with van der Waals surface area (Å²) < 4.78 is 0. The second-order valence-corrected chi connectivity index (χ2v) is 5.92. The molecule has 0 aliphatic heterocycles. The number of benzene rings is 2. The molecule has 2 N–H and O–H groups in total. The van der Waals surface area contributed by atoms with E-state index in [1.54, 1.807) is 0 Å². The van der Waals surface area contributed by atoms with Crippen molar-refractivity contribution in [1.82, 2.24) is 5.32 Å². The van der Waals surface area contributed by atoms with Crippen LogP contribution >= 0.6 is 0 Å². The fourth-order valence-corrected chi connectivity index (χ4v) is 2.56. The number of hydrogen-bond donors (Lipinski definition) is 2. The fourth-order valence-electron chi connectivity index (χ4n) is 2.56. The number of anilines is 1. The molecule has 116 valence electrons. The van der Waals surface area contributed by atoms with Crippen molar-refractivity contribution in [2.45, 2.75) is 19.3 Å². The van der Waals surface area contributed by atoms with E-state index in [2.05, 4.69) is 16.7 Å². The first-order valence-corrected chi connectivity index (χ1v) is 7.57. The fraction of sp³-hybridized carbons (Fsp3) is 0.278. The van der Waals surface area contributed by atoms with Crippen molar-refractivity contribution < 1.29 is 9.59 Å². The largest absolute Gasteiger partial charge is 0.347 e. The van der Waals surface area contributed by atoms with E-state index in [1.165, 1.54) is 0 Å². The van der Waals surface area contributed by atoms with Crippen LogP contribution in [0.4, 0.5) is 5.69 Å². The lowest BCUT2D eigenvalue weighted by molar-refractivity contribution is -0.124. The molecule has 1 fully saturated rings. The quantitative estimate of drug-likeness (QED) is 0.890. The van der Waals surface area contributed by atoms with Gasteiger partial charge in [-0.25, -0.2) is 0 Å². The van der Waals surface area contributed by atoms with Crippen LogP contribution in [-0.4, -0.2) is 18.4 Å². The third-order valence-corrected chi connectivity index (χ3v) is 4.10. The Morgan fingerprint density at radius 1 is 1.09 bits per heavy atom. The first-order valence-electron chi connectivity index (χ1n) is 7.57. The standard InChI is InChI=1S/C18H17N3O2/c19-12-18(8-9-18)10-16(22)20-11-17(23)21-15-7-3-5-13-4-1-2-6-14(13)15/h1-7H,8-11H2,(H,20,22)(H,21,23). The Bertz CT molecular complexity index is 798. The van der Waals surface area contributed by atoms with Gasteiger partial charge in [0.15, 0.2) is 0 Å². The van der Waals surface area contributed by atoms with Crippen LogP contribution in [0.5, 0.6) is 0 Å². The molecule has 0 bridgehead atoms. The Labute approximate surface area is 134 Å². The van der Waals surface area contributed by atoms with E-state index in [0.29, 0.717) is 0 Å². The van der Waals surface area contributed by atoms with Gasteiger partial charge in [0.25, 0.3) is 0 Å². The summed E-state index contributed by atoms with van der Waals surface area (Å²) in [5, 5.41) is 16.4. The van der Waals surface area contributed by atoms with E-state index in [9.17, 15) is 9.59 Å². The molecular formula is C18H17N3O2. The molecule has 0 unspecified atom stereocenters. The number of hydrogen-bond acceptors (Lipinski definition) is 3. The Hall–Kier alpha value is -2.87. The first-order chi connectivity index (χ1) is 11.1. The second-order valence-electron chi connectivity index (χ2n) is 5.92. The topological polar surface area (TPSA) is 82.0 Å². The summed E-state index contributed by atoms with van der Waals surface area (Å²) in [6, 6.07) is 15.6. The molecule has 5 heteroatoms. The van der Waals surface area contributed by atoms with Crippen molar-refractivity contribution in [3.05, 3.63) is 42.5 Å². The Morgan fingerprint density at radius 2 is 1.83 bits per heavy atom. The van der Waals surface area contributed by atoms with Gasteiger partial charge in [-0.3, -0.25) is 9.59 Å². The zero-order valence-electron chi connectivity index (χ0n) is 12.6. The van der Waals surface area contributed by atoms with Crippen molar-refractivity contribution >= 4 is 28.3 Å². The molecule has 0 aromatic heterocycles. The van der Waals surface area contributed by atoms with E-state index in [4.69, 9.17) is 5.26 Å². The zero-order chi connectivity index (χ0) is 16.3. The van der Waals surface area contributed by atoms with Gasteiger partial charge in [0, 0.05) is 17.5 Å². The predicted octanol–water partition coefficient (Wildman–Crippen LogP) is 2.59. The van der Waals surface area contributed by atoms with Crippen LogP contribution in [0.3, 0.4) is 0 Å². The van der Waals surface area contributed by atoms with Gasteiger partial charge in [-0.15, -0.1) is 0 Å². The molecule has 23 heavy (non-hydrogen) atoms. The number of amides is 2. The molecule has 0 radical (unpaired) electrons. The molecular weight excluding hydrogens is 290 g/mol. The number of nitrogens with one attached hydrogen (secondary N) is 2. The average Bonchev–Trinajstić information content (AvgIpc) is 3.33. The second kappa shape index (κ2) is 6.09. The number of carbonyl (C=O) groups is 2. The number of nitrogens with zero attached hydrogens (tertiary/aromatic N) is 1. The number of carbonyl (C=O) groups excluding carboxylic acids is 2. The highest BCUT2D eigenvalue weighted by molar-refractivity contribution is 6.03. The molecule has 2 amide bonds. The summed E-state index contributed by atoms with van der Waals surface area (Å²) in [6.45, 7) is -0.0937. The van der Waals surface area contributed by atoms with Gasteiger partial charge in [-0.2, -0.15) is 5.26 Å². The molecule has 2 aromatic carbocycles. The van der Waals surface area contributed by atoms with Crippen molar-refractivity contribution in [3.63, 3.8) is 0 Å². The van der Waals surface area contributed by atoms with Crippen LogP contribution in [0.25, 0.3) is 10.8 Å². The van der Waals surface area contributed by atoms with Crippen molar-refractivity contribution in [1.29, 1.82) is 5.26 Å². The lowest BCUT2D eigenvalue weighted by Crippen LogP contribution is -2.34. The highest BCUT2D eigenvalue weighted by Gasteiger charge is 2.44. The van der Waals surface area contributed by atoms with Gasteiger partial charge in [0.05, 0.1) is 18.0 Å². The summed E-state index contributed by atoms with van der Waals surface area (Å²) in [6.07, 6.45) is 1.70. The lowest BCUT2D eigenvalue weighted by atomic mass is 10.0. The van der Waals surface area contributed by atoms with E-state index in [0.717, 1.165) is 29.3 Å². The monoisotopic (exact) mass is 307 g/mol. The van der Waals surface area contributed by atoms with Crippen LogP contribution in [0.2, 0.25) is 0 Å². The molecule has 1 aliphatic rings. The van der Waals surface area contributed by atoms with Gasteiger partial charge in [-0.05, 0) is 24.3 Å². The van der Waals surface area contributed by atoms with Crippen LogP contribution in [0.1, 0.15) is 19.3 Å². The summed E-state index contributed by atoms with van der Waals surface area (Å²) in [5.41, 5.74) is 0.231. The van der Waals surface area contributed by atoms with Crippen LogP contribution < -0.4 is 10.6 Å². The maximum Gasteiger partial charge on any atom is 0.243 e. The first kappa shape index (κ1) is 15.0. The van der Waals surface area contributed by atoms with Crippen LogP contribution in [-0.2, 0) is 9.59 Å². The Balaban J connectivity index is 1.57. The average molecular weight is 307 g/mol. The van der Waals surface area contributed by atoms with Crippen LogP contribution in [0, 0.1) is 16.7 Å². The highest BCUT2D eigenvalue weighted by Crippen LogP contribution is 2.47. The minimum absolute atomic E-state index is 0.0937. The number of rotatable bonds is 5. The van der Waals surface area contributed by atoms with E-state index in [1.807, 2.05) is 42.5 Å². The van der Waals surface area contributed by atoms with Crippen LogP contribution in [0.15, 0.2) is 42.5 Å². The molecule has 3 rings (SSSR count). The molecule has 1 saturated carbocycles. The SMILES string of the molecule is N#CC1(CC(=O)NCC(=O)Nc2cccc3ccccc23)CC1. The zero-order valence-corrected chi connectivity index (χ0v) is 12.6. The van der Waals surface area contributed by atoms with Gasteiger partial charge in [-0.1, -0.05) is 36.4 Å². The maximum absolute atomic E-state index is 12.0. The number of nitriles is 1.